The van der Waals surface area contributed by atoms with Crippen LogP contribution in [0.25, 0.3) is 17.2 Å². The molecule has 1 amide bonds. The Labute approximate surface area is 253 Å². The van der Waals surface area contributed by atoms with Crippen molar-refractivity contribution in [2.24, 2.45) is 25.1 Å². The number of hydrogen-bond donors (Lipinski definition) is 0. The lowest BCUT2D eigenvalue weighted by molar-refractivity contribution is -0.134. The Kier molecular flexibility index (Phi) is 7.25. The van der Waals surface area contributed by atoms with Gasteiger partial charge in [-0.2, -0.15) is 5.10 Å². The first-order valence-electron chi connectivity index (χ1n) is 13.1. The maximum Gasteiger partial charge on any atom is 0.332 e. The zero-order valence-electron chi connectivity index (χ0n) is 22.2. The molecular weight excluding hydrogens is 631 g/mol. The Bertz CT molecular complexity index is 1870. The largest absolute Gasteiger partial charge is 0.332 e. The molecule has 1 aliphatic heterocycles. The fraction of sp³-hybridized carbons (Fsp3) is 0.276. The number of benzene rings is 2. The fourth-order valence-electron chi connectivity index (χ4n) is 5.77. The number of rotatable bonds is 4. The molecule has 4 aromatic rings. The molecule has 0 N–H and O–H groups in total. The average molecular weight is 656 g/mol. The number of imidazole rings is 1. The number of aromatic nitrogens is 4. The van der Waals surface area contributed by atoms with E-state index in [9.17, 15) is 14.4 Å². The van der Waals surface area contributed by atoms with E-state index in [2.05, 4.69) is 27.0 Å². The zero-order chi connectivity index (χ0) is 29.0. The summed E-state index contributed by atoms with van der Waals surface area (Å²) in [5.41, 5.74) is 3.22. The normalized spacial score (nSPS) is 19.6. The number of allylic oxidation sites excluding steroid dienone is 1. The van der Waals surface area contributed by atoms with Gasteiger partial charge in [0, 0.05) is 30.1 Å². The third kappa shape index (κ3) is 4.87. The summed E-state index contributed by atoms with van der Waals surface area (Å²) in [6, 6.07) is 14.8. The fourth-order valence-corrected chi connectivity index (χ4v) is 6.49. The molecule has 2 atom stereocenters. The van der Waals surface area contributed by atoms with E-state index in [0.29, 0.717) is 10.0 Å². The van der Waals surface area contributed by atoms with Crippen LogP contribution in [0.3, 0.4) is 0 Å². The van der Waals surface area contributed by atoms with E-state index >= 15 is 0 Å². The van der Waals surface area contributed by atoms with Gasteiger partial charge in [0.2, 0.25) is 0 Å². The smallest absolute Gasteiger partial charge is 0.295 e. The first kappa shape index (κ1) is 27.7. The van der Waals surface area contributed by atoms with Gasteiger partial charge in [-0.3, -0.25) is 23.3 Å². The van der Waals surface area contributed by atoms with Gasteiger partial charge in [0.25, 0.3) is 11.5 Å². The van der Waals surface area contributed by atoms with E-state index in [1.165, 1.54) is 16.2 Å². The maximum absolute atomic E-state index is 14.1. The maximum atomic E-state index is 14.1. The molecular formula is C29H25BrCl2N6O3. The molecule has 12 heteroatoms. The molecule has 6 rings (SSSR count). The monoisotopic (exact) mass is 654 g/mol. The highest BCUT2D eigenvalue weighted by molar-refractivity contribution is 9.10. The van der Waals surface area contributed by atoms with Gasteiger partial charge in [-0.15, -0.1) is 0 Å². The standard InChI is InChI=1S/C29H25BrCl2N6O3/c1-35-26-24(27(40)36(2)29(35)41)33-28(30)37(26)15-22(39)38-25(17-8-12-20(32)13-9-17)21-5-3-4-18(23(21)34-38)14-16-6-10-19(31)11-7-16/h6-14,21,25H,3-5,15H2,1-2H3/b18-14-. The minimum absolute atomic E-state index is 0.00736. The molecule has 1 fully saturated rings. The van der Waals surface area contributed by atoms with Crippen molar-refractivity contribution in [1.82, 2.24) is 23.7 Å². The summed E-state index contributed by atoms with van der Waals surface area (Å²) in [5.74, 6) is -0.308. The highest BCUT2D eigenvalue weighted by atomic mass is 79.9. The van der Waals surface area contributed by atoms with Crippen molar-refractivity contribution < 1.29 is 4.79 Å². The first-order chi connectivity index (χ1) is 19.6. The molecule has 0 spiro atoms. The molecule has 210 valence electrons. The minimum atomic E-state index is -0.529. The number of hydrogen-bond acceptors (Lipinski definition) is 5. The number of carbonyl (C=O) groups excluding carboxylic acids is 1. The number of hydrazone groups is 1. The molecule has 41 heavy (non-hydrogen) atoms. The summed E-state index contributed by atoms with van der Waals surface area (Å²) >= 11 is 15.7. The lowest BCUT2D eigenvalue weighted by Crippen LogP contribution is -2.38. The van der Waals surface area contributed by atoms with E-state index in [0.717, 1.165) is 46.2 Å². The Morgan fingerprint density at radius 2 is 1.68 bits per heavy atom. The van der Waals surface area contributed by atoms with Crippen LogP contribution in [0.2, 0.25) is 10.0 Å². The first-order valence-corrected chi connectivity index (χ1v) is 14.6. The Hall–Kier alpha value is -3.47. The SMILES string of the molecule is Cn1c(=O)c2nc(Br)n(CC(=O)N3N=C4/C(=C\c5ccc(Cl)cc5)CCCC4C3c3ccc(Cl)cc3)c2n(C)c1=O. The van der Waals surface area contributed by atoms with Crippen LogP contribution in [0, 0.1) is 5.92 Å². The highest BCUT2D eigenvalue weighted by Crippen LogP contribution is 2.44. The summed E-state index contributed by atoms with van der Waals surface area (Å²) in [4.78, 5) is 43.8. The molecule has 2 aliphatic rings. The Morgan fingerprint density at radius 1 is 1.02 bits per heavy atom. The van der Waals surface area contributed by atoms with Gasteiger partial charge in [0.05, 0.1) is 11.8 Å². The minimum Gasteiger partial charge on any atom is -0.295 e. The molecule has 2 unspecified atom stereocenters. The second-order valence-electron chi connectivity index (χ2n) is 10.3. The van der Waals surface area contributed by atoms with Gasteiger partial charge >= 0.3 is 5.69 Å². The van der Waals surface area contributed by atoms with E-state index in [-0.39, 0.29) is 40.3 Å². The average Bonchev–Trinajstić information content (AvgIpc) is 3.51. The van der Waals surface area contributed by atoms with Gasteiger partial charge in [-0.05, 0) is 82.2 Å². The van der Waals surface area contributed by atoms with Crippen LogP contribution in [0.15, 0.2) is 73.5 Å². The van der Waals surface area contributed by atoms with E-state index in [1.54, 1.807) is 12.1 Å². The Morgan fingerprint density at radius 3 is 2.37 bits per heavy atom. The van der Waals surface area contributed by atoms with E-state index < -0.39 is 11.2 Å². The predicted molar refractivity (Wildman–Crippen MR) is 163 cm³/mol. The summed E-state index contributed by atoms with van der Waals surface area (Å²) in [6.45, 7) is -0.179. The topological polar surface area (TPSA) is 94.5 Å². The summed E-state index contributed by atoms with van der Waals surface area (Å²) < 4.78 is 4.12. The van der Waals surface area contributed by atoms with E-state index in [1.807, 2.05) is 48.5 Å². The number of aryl methyl sites for hydroxylation is 1. The molecule has 3 heterocycles. The highest BCUT2D eigenvalue weighted by Gasteiger charge is 2.44. The number of halogens is 3. The quantitative estimate of drug-likeness (QED) is 0.278. The third-order valence-electron chi connectivity index (χ3n) is 7.77. The van der Waals surface area contributed by atoms with Gasteiger partial charge in [0.15, 0.2) is 15.9 Å². The number of carbonyl (C=O) groups is 1. The molecule has 2 aromatic carbocycles. The van der Waals surface area contributed by atoms with Gasteiger partial charge in [0.1, 0.15) is 6.54 Å². The van der Waals surface area contributed by atoms with Crippen molar-refractivity contribution in [1.29, 1.82) is 0 Å². The summed E-state index contributed by atoms with van der Waals surface area (Å²) in [7, 11) is 2.95. The van der Waals surface area contributed by atoms with Crippen LogP contribution in [-0.4, -0.2) is 35.3 Å². The zero-order valence-corrected chi connectivity index (χ0v) is 25.3. The van der Waals surface area contributed by atoms with Crippen LogP contribution in [0.1, 0.15) is 36.4 Å². The van der Waals surface area contributed by atoms with Crippen LogP contribution >= 0.6 is 39.1 Å². The van der Waals surface area contributed by atoms with Crippen molar-refractivity contribution in [2.75, 3.05) is 0 Å². The van der Waals surface area contributed by atoms with Crippen molar-refractivity contribution >= 4 is 68.0 Å². The van der Waals surface area contributed by atoms with Gasteiger partial charge in [-0.1, -0.05) is 47.5 Å². The molecule has 0 bridgehead atoms. The summed E-state index contributed by atoms with van der Waals surface area (Å²) in [6.07, 6.45) is 4.78. The molecule has 1 saturated carbocycles. The molecule has 2 aromatic heterocycles. The molecule has 0 radical (unpaired) electrons. The van der Waals surface area contributed by atoms with Crippen LogP contribution in [0.5, 0.6) is 0 Å². The lowest BCUT2D eigenvalue weighted by Gasteiger charge is -2.30. The van der Waals surface area contributed by atoms with Crippen molar-refractivity contribution in [2.45, 2.75) is 31.8 Å². The molecule has 0 saturated heterocycles. The van der Waals surface area contributed by atoms with Gasteiger partial charge in [-0.25, -0.2) is 14.8 Å². The number of fused-ring (bicyclic) bond motifs is 2. The third-order valence-corrected chi connectivity index (χ3v) is 8.88. The van der Waals surface area contributed by atoms with Crippen LogP contribution in [-0.2, 0) is 25.4 Å². The number of amides is 1. The van der Waals surface area contributed by atoms with Crippen LogP contribution in [0.4, 0.5) is 0 Å². The second kappa shape index (κ2) is 10.7. The van der Waals surface area contributed by atoms with Crippen molar-refractivity contribution in [3.8, 4) is 0 Å². The number of nitrogens with zero attached hydrogens (tertiary/aromatic N) is 6. The van der Waals surface area contributed by atoms with Crippen molar-refractivity contribution in [3.05, 3.63) is 101 Å². The second-order valence-corrected chi connectivity index (χ2v) is 11.9. The van der Waals surface area contributed by atoms with Crippen molar-refractivity contribution in [3.63, 3.8) is 0 Å². The predicted octanol–water partition coefficient (Wildman–Crippen LogP) is 5.33. The lowest BCUT2D eigenvalue weighted by atomic mass is 9.77. The Balaban J connectivity index is 1.43. The molecule has 9 nitrogen and oxygen atoms in total. The molecule has 1 aliphatic carbocycles. The van der Waals surface area contributed by atoms with Gasteiger partial charge < -0.3 is 0 Å². The van der Waals surface area contributed by atoms with E-state index in [4.69, 9.17) is 28.3 Å². The van der Waals surface area contributed by atoms with Crippen LogP contribution < -0.4 is 11.2 Å². The summed E-state index contributed by atoms with van der Waals surface area (Å²) in [5, 5.41) is 7.75.